The van der Waals surface area contributed by atoms with Crippen molar-refractivity contribution in [1.29, 1.82) is 0 Å². The summed E-state index contributed by atoms with van der Waals surface area (Å²) in [5.74, 6) is 0. The van der Waals surface area contributed by atoms with Gasteiger partial charge in [0.05, 0.1) is 0 Å². The lowest BCUT2D eigenvalue weighted by molar-refractivity contribution is 0.331. The molecule has 96 valence electrons. The molecule has 0 fully saturated rings. The number of hydrogen-bond donors (Lipinski definition) is 1. The first-order chi connectivity index (χ1) is 8.79. The third-order valence-electron chi connectivity index (χ3n) is 3.10. The molecule has 0 bridgehead atoms. The third-order valence-corrected chi connectivity index (χ3v) is 4.03. The normalized spacial score (nSPS) is 11.1. The molecular formula is C15H20N2S. The van der Waals surface area contributed by atoms with Crippen LogP contribution in [0.1, 0.15) is 16.0 Å². The van der Waals surface area contributed by atoms with E-state index in [9.17, 15) is 0 Å². The van der Waals surface area contributed by atoms with Crippen molar-refractivity contribution in [3.63, 3.8) is 0 Å². The Labute approximate surface area is 113 Å². The molecule has 2 aromatic rings. The number of hydrogen-bond acceptors (Lipinski definition) is 3. The molecule has 0 aliphatic heterocycles. The van der Waals surface area contributed by atoms with Crippen molar-refractivity contribution >= 4 is 11.3 Å². The molecule has 0 saturated carbocycles. The van der Waals surface area contributed by atoms with Crippen LogP contribution >= 0.6 is 11.3 Å². The van der Waals surface area contributed by atoms with Crippen LogP contribution in [0, 0.1) is 0 Å². The molecule has 3 heteroatoms. The lowest BCUT2D eigenvalue weighted by Gasteiger charge is -2.18. The zero-order valence-electron chi connectivity index (χ0n) is 10.8. The van der Waals surface area contributed by atoms with Gasteiger partial charge in [-0.1, -0.05) is 30.3 Å². The summed E-state index contributed by atoms with van der Waals surface area (Å²) in [4.78, 5) is 3.81. The third kappa shape index (κ3) is 3.67. The number of likely N-dealkylation sites (N-methyl/N-ethyl adjacent to an activating group) is 1. The second-order valence-corrected chi connectivity index (χ2v) is 5.57. The second-order valence-electron chi connectivity index (χ2n) is 4.54. The number of rotatable bonds is 6. The number of nitrogens with two attached hydrogens (primary N) is 1. The van der Waals surface area contributed by atoms with Crippen molar-refractivity contribution in [2.75, 3.05) is 13.6 Å². The maximum Gasteiger partial charge on any atom is 0.0234 e. The smallest absolute Gasteiger partial charge is 0.0234 e. The van der Waals surface area contributed by atoms with Gasteiger partial charge in [0.1, 0.15) is 0 Å². The van der Waals surface area contributed by atoms with E-state index in [0.717, 1.165) is 19.5 Å². The Kier molecular flexibility index (Phi) is 4.93. The van der Waals surface area contributed by atoms with Crippen LogP contribution < -0.4 is 5.73 Å². The van der Waals surface area contributed by atoms with E-state index in [4.69, 9.17) is 5.73 Å². The Bertz CT molecular complexity index is 465. The summed E-state index contributed by atoms with van der Waals surface area (Å²) >= 11 is 1.83. The Balaban J connectivity index is 1.88. The Morgan fingerprint density at radius 3 is 2.56 bits per heavy atom. The first kappa shape index (κ1) is 13.3. The summed E-state index contributed by atoms with van der Waals surface area (Å²) in [7, 11) is 2.17. The van der Waals surface area contributed by atoms with Crippen molar-refractivity contribution in [1.82, 2.24) is 4.90 Å². The maximum absolute atomic E-state index is 5.76. The van der Waals surface area contributed by atoms with E-state index in [1.54, 1.807) is 0 Å². The van der Waals surface area contributed by atoms with E-state index in [2.05, 4.69) is 53.7 Å². The van der Waals surface area contributed by atoms with Gasteiger partial charge in [0.2, 0.25) is 0 Å². The molecule has 2 rings (SSSR count). The van der Waals surface area contributed by atoms with Gasteiger partial charge in [0, 0.05) is 24.5 Å². The largest absolute Gasteiger partial charge is 0.326 e. The van der Waals surface area contributed by atoms with Crippen molar-refractivity contribution in [3.05, 3.63) is 57.8 Å². The van der Waals surface area contributed by atoms with Gasteiger partial charge in [-0.3, -0.25) is 0 Å². The Morgan fingerprint density at radius 1 is 1.11 bits per heavy atom. The number of thiophene rings is 1. The van der Waals surface area contributed by atoms with E-state index in [1.807, 2.05) is 11.3 Å². The maximum atomic E-state index is 5.76. The Hall–Kier alpha value is -1.16. The van der Waals surface area contributed by atoms with Gasteiger partial charge in [-0.15, -0.1) is 11.3 Å². The summed E-state index contributed by atoms with van der Waals surface area (Å²) in [5, 5.41) is 2.14. The molecule has 0 saturated heterocycles. The summed E-state index contributed by atoms with van der Waals surface area (Å²) in [5.41, 5.74) is 8.35. The lowest BCUT2D eigenvalue weighted by Crippen LogP contribution is -2.21. The molecule has 0 amide bonds. The SMILES string of the molecule is CN(CCc1cccs1)Cc1ccccc1CN. The number of benzene rings is 1. The topological polar surface area (TPSA) is 29.3 Å². The average Bonchev–Trinajstić information content (AvgIpc) is 2.90. The summed E-state index contributed by atoms with van der Waals surface area (Å²) in [6, 6.07) is 12.7. The van der Waals surface area contributed by atoms with Crippen molar-refractivity contribution in [3.8, 4) is 0 Å². The van der Waals surface area contributed by atoms with Gasteiger partial charge in [-0.2, -0.15) is 0 Å². The molecule has 0 spiro atoms. The van der Waals surface area contributed by atoms with Crippen LogP contribution in [-0.2, 0) is 19.5 Å². The van der Waals surface area contributed by atoms with E-state index >= 15 is 0 Å². The molecule has 18 heavy (non-hydrogen) atoms. The van der Waals surface area contributed by atoms with Gasteiger partial charge in [0.25, 0.3) is 0 Å². The van der Waals surface area contributed by atoms with Crippen LogP contribution in [0.25, 0.3) is 0 Å². The minimum Gasteiger partial charge on any atom is -0.326 e. The minimum absolute atomic E-state index is 0.620. The van der Waals surface area contributed by atoms with Crippen LogP contribution in [0.15, 0.2) is 41.8 Å². The van der Waals surface area contributed by atoms with Crippen LogP contribution in [0.3, 0.4) is 0 Å². The van der Waals surface area contributed by atoms with Gasteiger partial charge in [-0.25, -0.2) is 0 Å². The van der Waals surface area contributed by atoms with Gasteiger partial charge >= 0.3 is 0 Å². The predicted octanol–water partition coefficient (Wildman–Crippen LogP) is 2.88. The molecule has 0 unspecified atom stereocenters. The van der Waals surface area contributed by atoms with Crippen LogP contribution in [0.5, 0.6) is 0 Å². The molecule has 2 N–H and O–H groups in total. The molecule has 0 aliphatic rings. The van der Waals surface area contributed by atoms with Crippen LogP contribution in [0.2, 0.25) is 0 Å². The van der Waals surface area contributed by atoms with Crippen LogP contribution in [0.4, 0.5) is 0 Å². The second kappa shape index (κ2) is 6.69. The fraction of sp³-hybridized carbons (Fsp3) is 0.333. The van der Waals surface area contributed by atoms with E-state index in [-0.39, 0.29) is 0 Å². The molecular weight excluding hydrogens is 240 g/mol. The molecule has 0 aliphatic carbocycles. The summed E-state index contributed by atoms with van der Waals surface area (Å²) < 4.78 is 0. The van der Waals surface area contributed by atoms with E-state index < -0.39 is 0 Å². The zero-order chi connectivity index (χ0) is 12.8. The van der Waals surface area contributed by atoms with Crippen molar-refractivity contribution in [2.24, 2.45) is 5.73 Å². The highest BCUT2D eigenvalue weighted by molar-refractivity contribution is 7.09. The van der Waals surface area contributed by atoms with Crippen molar-refractivity contribution < 1.29 is 0 Å². The quantitative estimate of drug-likeness (QED) is 0.865. The molecule has 0 atom stereocenters. The fourth-order valence-corrected chi connectivity index (χ4v) is 2.73. The highest BCUT2D eigenvalue weighted by Gasteiger charge is 2.04. The average molecular weight is 260 g/mol. The first-order valence-corrected chi connectivity index (χ1v) is 7.15. The lowest BCUT2D eigenvalue weighted by atomic mass is 10.1. The standard InChI is InChI=1S/C15H20N2S/c1-17(9-8-15-7-4-10-18-15)12-14-6-3-2-5-13(14)11-16/h2-7,10H,8-9,11-12,16H2,1H3. The van der Waals surface area contributed by atoms with E-state index in [1.165, 1.54) is 16.0 Å². The summed E-state index contributed by atoms with van der Waals surface area (Å²) in [6.07, 6.45) is 1.12. The molecule has 1 heterocycles. The molecule has 0 radical (unpaired) electrons. The highest BCUT2D eigenvalue weighted by Crippen LogP contribution is 2.12. The molecule has 1 aromatic carbocycles. The number of nitrogens with zero attached hydrogens (tertiary/aromatic N) is 1. The molecule has 2 nitrogen and oxygen atoms in total. The van der Waals surface area contributed by atoms with E-state index in [0.29, 0.717) is 6.54 Å². The minimum atomic E-state index is 0.620. The zero-order valence-corrected chi connectivity index (χ0v) is 11.6. The highest BCUT2D eigenvalue weighted by atomic mass is 32.1. The monoisotopic (exact) mass is 260 g/mol. The predicted molar refractivity (Wildman–Crippen MR) is 78.7 cm³/mol. The van der Waals surface area contributed by atoms with Gasteiger partial charge < -0.3 is 10.6 Å². The van der Waals surface area contributed by atoms with Gasteiger partial charge in [-0.05, 0) is 36.0 Å². The first-order valence-electron chi connectivity index (χ1n) is 6.27. The molecule has 1 aromatic heterocycles. The van der Waals surface area contributed by atoms with Crippen molar-refractivity contribution in [2.45, 2.75) is 19.5 Å². The Morgan fingerprint density at radius 2 is 1.89 bits per heavy atom. The fourth-order valence-electron chi connectivity index (χ4n) is 2.04. The summed E-state index contributed by atoms with van der Waals surface area (Å²) in [6.45, 7) is 2.67. The van der Waals surface area contributed by atoms with Gasteiger partial charge in [0.15, 0.2) is 0 Å². The van der Waals surface area contributed by atoms with Crippen LogP contribution in [-0.4, -0.2) is 18.5 Å².